The number of H-pyrrole nitrogens is 1. The summed E-state index contributed by atoms with van der Waals surface area (Å²) >= 11 is 0. The number of alkyl halides is 3. The Hall–Kier alpha value is -2.32. The van der Waals surface area contributed by atoms with Crippen LogP contribution >= 0.6 is 0 Å². The van der Waals surface area contributed by atoms with Gasteiger partial charge >= 0.3 is 6.18 Å². The number of halogens is 3. The van der Waals surface area contributed by atoms with Crippen molar-refractivity contribution in [2.75, 3.05) is 6.54 Å². The number of carbonyl (C=O) groups excluding carboxylic acids is 1. The normalized spacial score (nSPS) is 17.4. The standard InChI is InChI=1S/C16H20F3N5O/c1-2-3-12-11(7-21-23-12)15(25)20-6-10-4-5-14-22-13(16(17,18)19)9-24(14)8-10/h7,9-10H,2-6,8H2,1H3,(H,20,25)(H,21,23). The van der Waals surface area contributed by atoms with Gasteiger partial charge in [-0.1, -0.05) is 13.3 Å². The highest BCUT2D eigenvalue weighted by atomic mass is 19.4. The zero-order valence-corrected chi connectivity index (χ0v) is 13.9. The van der Waals surface area contributed by atoms with Gasteiger partial charge in [-0.25, -0.2) is 4.98 Å². The number of hydrogen-bond donors (Lipinski definition) is 2. The first-order valence-electron chi connectivity index (χ1n) is 8.32. The molecule has 1 unspecified atom stereocenters. The van der Waals surface area contributed by atoms with Crippen LogP contribution in [-0.2, 0) is 25.6 Å². The first-order valence-corrected chi connectivity index (χ1v) is 8.32. The molecule has 9 heteroatoms. The minimum atomic E-state index is -4.43. The number of carbonyl (C=O) groups is 1. The van der Waals surface area contributed by atoms with E-state index in [9.17, 15) is 18.0 Å². The summed E-state index contributed by atoms with van der Waals surface area (Å²) in [6.45, 7) is 2.85. The molecule has 136 valence electrons. The Morgan fingerprint density at radius 3 is 3.00 bits per heavy atom. The van der Waals surface area contributed by atoms with Crippen molar-refractivity contribution in [1.29, 1.82) is 0 Å². The Morgan fingerprint density at radius 1 is 1.48 bits per heavy atom. The van der Waals surface area contributed by atoms with Crippen molar-refractivity contribution in [3.05, 3.63) is 35.2 Å². The molecule has 0 aromatic carbocycles. The van der Waals surface area contributed by atoms with Gasteiger partial charge in [0.2, 0.25) is 0 Å². The first-order chi connectivity index (χ1) is 11.9. The van der Waals surface area contributed by atoms with Crippen LogP contribution in [-0.4, -0.2) is 32.2 Å². The lowest BCUT2D eigenvalue weighted by Gasteiger charge is -2.23. The number of imidazole rings is 1. The van der Waals surface area contributed by atoms with E-state index in [0.29, 0.717) is 37.3 Å². The number of aromatic nitrogens is 4. The van der Waals surface area contributed by atoms with Crippen LogP contribution in [0.15, 0.2) is 12.4 Å². The van der Waals surface area contributed by atoms with Crippen LogP contribution in [0.1, 0.15) is 47.3 Å². The third kappa shape index (κ3) is 3.85. The van der Waals surface area contributed by atoms with Crippen molar-refractivity contribution in [3.63, 3.8) is 0 Å². The molecule has 3 heterocycles. The molecule has 1 amide bonds. The lowest BCUT2D eigenvalue weighted by molar-refractivity contribution is -0.141. The smallest absolute Gasteiger partial charge is 0.352 e. The van der Waals surface area contributed by atoms with Crippen molar-refractivity contribution in [3.8, 4) is 0 Å². The van der Waals surface area contributed by atoms with E-state index in [-0.39, 0.29) is 11.8 Å². The molecule has 6 nitrogen and oxygen atoms in total. The van der Waals surface area contributed by atoms with Crippen molar-refractivity contribution in [2.45, 2.75) is 45.3 Å². The Morgan fingerprint density at radius 2 is 2.28 bits per heavy atom. The van der Waals surface area contributed by atoms with Crippen LogP contribution < -0.4 is 5.32 Å². The van der Waals surface area contributed by atoms with Gasteiger partial charge in [0.25, 0.3) is 5.91 Å². The molecule has 2 aromatic heterocycles. The summed E-state index contributed by atoms with van der Waals surface area (Å²) in [6, 6.07) is 0. The predicted molar refractivity (Wildman–Crippen MR) is 84.0 cm³/mol. The van der Waals surface area contributed by atoms with Crippen LogP contribution in [0, 0.1) is 5.92 Å². The third-order valence-electron chi connectivity index (χ3n) is 4.39. The maximum absolute atomic E-state index is 12.7. The summed E-state index contributed by atoms with van der Waals surface area (Å²) in [4.78, 5) is 15.9. The van der Waals surface area contributed by atoms with Gasteiger partial charge in [-0.05, 0) is 18.8 Å². The lowest BCUT2D eigenvalue weighted by atomic mass is 9.99. The summed E-state index contributed by atoms with van der Waals surface area (Å²) in [5.41, 5.74) is 0.477. The second-order valence-electron chi connectivity index (χ2n) is 6.32. The Kier molecular flexibility index (Phi) is 4.82. The lowest BCUT2D eigenvalue weighted by Crippen LogP contribution is -2.33. The van der Waals surface area contributed by atoms with E-state index in [1.807, 2.05) is 6.92 Å². The second kappa shape index (κ2) is 6.89. The van der Waals surface area contributed by atoms with Crippen LogP contribution in [0.25, 0.3) is 0 Å². The van der Waals surface area contributed by atoms with E-state index in [4.69, 9.17) is 0 Å². The number of nitrogens with one attached hydrogen (secondary N) is 2. The number of hydrogen-bond acceptors (Lipinski definition) is 3. The maximum atomic E-state index is 12.7. The zero-order valence-electron chi connectivity index (χ0n) is 13.9. The van der Waals surface area contributed by atoms with Crippen LogP contribution in [0.4, 0.5) is 13.2 Å². The van der Waals surface area contributed by atoms with Gasteiger partial charge in [-0.2, -0.15) is 18.3 Å². The molecule has 1 aliphatic heterocycles. The van der Waals surface area contributed by atoms with Gasteiger partial charge in [0.1, 0.15) is 5.82 Å². The van der Waals surface area contributed by atoms with Crippen molar-refractivity contribution in [2.24, 2.45) is 5.92 Å². The molecular weight excluding hydrogens is 335 g/mol. The van der Waals surface area contributed by atoms with Crippen LogP contribution in [0.5, 0.6) is 0 Å². The molecule has 0 spiro atoms. The highest BCUT2D eigenvalue weighted by Gasteiger charge is 2.35. The number of fused-ring (bicyclic) bond motifs is 1. The SMILES string of the molecule is CCCc1[nH]ncc1C(=O)NCC1CCc2nc(C(F)(F)F)cn2C1. The fourth-order valence-corrected chi connectivity index (χ4v) is 3.10. The average molecular weight is 355 g/mol. The summed E-state index contributed by atoms with van der Waals surface area (Å²) in [6.07, 6.45) is 0.945. The van der Waals surface area contributed by atoms with E-state index in [2.05, 4.69) is 20.5 Å². The summed E-state index contributed by atoms with van der Waals surface area (Å²) in [5.74, 6) is 0.327. The summed E-state index contributed by atoms with van der Waals surface area (Å²) in [7, 11) is 0. The summed E-state index contributed by atoms with van der Waals surface area (Å²) < 4.78 is 39.8. The van der Waals surface area contributed by atoms with E-state index < -0.39 is 11.9 Å². The van der Waals surface area contributed by atoms with E-state index >= 15 is 0 Å². The fraction of sp³-hybridized carbons (Fsp3) is 0.562. The molecule has 1 aliphatic rings. The molecule has 25 heavy (non-hydrogen) atoms. The van der Waals surface area contributed by atoms with Gasteiger partial charge in [-0.3, -0.25) is 9.89 Å². The largest absolute Gasteiger partial charge is 0.434 e. The monoisotopic (exact) mass is 355 g/mol. The molecule has 0 aliphatic carbocycles. The zero-order chi connectivity index (χ0) is 18.0. The Balaban J connectivity index is 1.59. The van der Waals surface area contributed by atoms with Crippen molar-refractivity contribution < 1.29 is 18.0 Å². The van der Waals surface area contributed by atoms with Gasteiger partial charge in [0, 0.05) is 31.4 Å². The molecule has 0 radical (unpaired) electrons. The average Bonchev–Trinajstić information content (AvgIpc) is 3.18. The molecule has 1 atom stereocenters. The van der Waals surface area contributed by atoms with Crippen LogP contribution in [0.2, 0.25) is 0 Å². The molecule has 0 saturated carbocycles. The van der Waals surface area contributed by atoms with E-state index in [1.54, 1.807) is 4.57 Å². The number of aryl methyl sites for hydroxylation is 2. The van der Waals surface area contributed by atoms with E-state index in [1.165, 1.54) is 6.20 Å². The predicted octanol–water partition coefficient (Wildman–Crippen LogP) is 2.57. The van der Waals surface area contributed by atoms with Gasteiger partial charge in [-0.15, -0.1) is 0 Å². The van der Waals surface area contributed by atoms with Crippen molar-refractivity contribution >= 4 is 5.91 Å². The minimum Gasteiger partial charge on any atom is -0.352 e. The molecule has 2 N–H and O–H groups in total. The van der Waals surface area contributed by atoms with E-state index in [0.717, 1.165) is 24.7 Å². The fourth-order valence-electron chi connectivity index (χ4n) is 3.10. The molecule has 2 aromatic rings. The number of aromatic amines is 1. The Labute approximate surface area is 142 Å². The quantitative estimate of drug-likeness (QED) is 0.866. The highest BCUT2D eigenvalue weighted by molar-refractivity contribution is 5.95. The van der Waals surface area contributed by atoms with Gasteiger partial charge in [0.05, 0.1) is 11.8 Å². The molecule has 3 rings (SSSR count). The maximum Gasteiger partial charge on any atom is 0.434 e. The number of nitrogens with zero attached hydrogens (tertiary/aromatic N) is 3. The van der Waals surface area contributed by atoms with Gasteiger partial charge in [0.15, 0.2) is 5.69 Å². The third-order valence-corrected chi connectivity index (χ3v) is 4.39. The molecule has 0 saturated heterocycles. The highest BCUT2D eigenvalue weighted by Crippen LogP contribution is 2.30. The van der Waals surface area contributed by atoms with Gasteiger partial charge < -0.3 is 9.88 Å². The molecular formula is C16H20F3N5O. The number of amides is 1. The van der Waals surface area contributed by atoms with Crippen LogP contribution in [0.3, 0.4) is 0 Å². The molecule has 0 fully saturated rings. The Bertz CT molecular complexity index is 749. The van der Waals surface area contributed by atoms with Crippen molar-refractivity contribution in [1.82, 2.24) is 25.1 Å². The molecule has 0 bridgehead atoms. The first kappa shape index (κ1) is 17.5. The minimum absolute atomic E-state index is 0.0771. The topological polar surface area (TPSA) is 75.6 Å². The second-order valence-corrected chi connectivity index (χ2v) is 6.32. The number of rotatable bonds is 5. The summed E-state index contributed by atoms with van der Waals surface area (Å²) in [5, 5.41) is 9.60.